The second-order valence-electron chi connectivity index (χ2n) is 4.47. The van der Waals surface area contributed by atoms with Gasteiger partial charge in [-0.2, -0.15) is 12.7 Å². The molecule has 0 bridgehead atoms. The summed E-state index contributed by atoms with van der Waals surface area (Å²) in [6.07, 6.45) is 3.95. The van der Waals surface area contributed by atoms with Gasteiger partial charge >= 0.3 is 0 Å². The van der Waals surface area contributed by atoms with Crippen LogP contribution >= 0.6 is 0 Å². The Kier molecular flexibility index (Phi) is 4.11. The van der Waals surface area contributed by atoms with Gasteiger partial charge in [-0.05, 0) is 12.8 Å². The molecule has 0 aromatic rings. The van der Waals surface area contributed by atoms with E-state index in [9.17, 15) is 13.5 Å². The number of aliphatic hydroxyl groups excluding tert-OH is 1. The minimum absolute atomic E-state index is 0.0585. The van der Waals surface area contributed by atoms with Gasteiger partial charge in [0.25, 0.3) is 10.2 Å². The van der Waals surface area contributed by atoms with Crippen molar-refractivity contribution in [3.8, 4) is 0 Å². The Morgan fingerprint density at radius 2 is 1.87 bits per heavy atom. The summed E-state index contributed by atoms with van der Waals surface area (Å²) in [6, 6.07) is 0. The molecular formula is C9H20N2O3S. The SMILES string of the molecule is CN(C)S(=O)(=O)NCC1(CO)CCCC1. The lowest BCUT2D eigenvalue weighted by molar-refractivity contribution is 0.134. The Hall–Kier alpha value is -0.170. The maximum atomic E-state index is 11.5. The number of aliphatic hydroxyl groups is 1. The zero-order valence-corrected chi connectivity index (χ0v) is 10.2. The van der Waals surface area contributed by atoms with Crippen molar-refractivity contribution in [2.75, 3.05) is 27.2 Å². The van der Waals surface area contributed by atoms with E-state index in [2.05, 4.69) is 4.72 Å². The highest BCUT2D eigenvalue weighted by Gasteiger charge is 2.34. The van der Waals surface area contributed by atoms with Gasteiger partial charge in [0.1, 0.15) is 0 Å². The summed E-state index contributed by atoms with van der Waals surface area (Å²) >= 11 is 0. The minimum Gasteiger partial charge on any atom is -0.396 e. The summed E-state index contributed by atoms with van der Waals surface area (Å²) in [4.78, 5) is 0. The van der Waals surface area contributed by atoms with Crippen LogP contribution in [0.15, 0.2) is 0 Å². The highest BCUT2D eigenvalue weighted by Crippen LogP contribution is 2.36. The fourth-order valence-corrected chi connectivity index (χ4v) is 2.64. The van der Waals surface area contributed by atoms with E-state index in [0.29, 0.717) is 6.54 Å². The molecule has 0 atom stereocenters. The molecule has 0 aromatic heterocycles. The Labute approximate surface area is 91.7 Å². The monoisotopic (exact) mass is 236 g/mol. The number of hydrogen-bond acceptors (Lipinski definition) is 3. The van der Waals surface area contributed by atoms with Crippen molar-refractivity contribution >= 4 is 10.2 Å². The van der Waals surface area contributed by atoms with E-state index in [4.69, 9.17) is 0 Å². The van der Waals surface area contributed by atoms with Crippen LogP contribution in [0.5, 0.6) is 0 Å². The lowest BCUT2D eigenvalue weighted by Gasteiger charge is -2.27. The maximum absolute atomic E-state index is 11.5. The van der Waals surface area contributed by atoms with Crippen molar-refractivity contribution in [3.05, 3.63) is 0 Å². The molecule has 0 unspecified atom stereocenters. The van der Waals surface area contributed by atoms with Crippen LogP contribution in [0.4, 0.5) is 0 Å². The Balaban J connectivity index is 2.55. The third kappa shape index (κ3) is 3.14. The van der Waals surface area contributed by atoms with Crippen LogP contribution in [0.2, 0.25) is 0 Å². The first kappa shape index (κ1) is 12.9. The third-order valence-corrected chi connectivity index (χ3v) is 4.58. The fourth-order valence-electron chi connectivity index (χ4n) is 1.89. The van der Waals surface area contributed by atoms with Gasteiger partial charge in [0.15, 0.2) is 0 Å². The Morgan fingerprint density at radius 3 is 2.27 bits per heavy atom. The van der Waals surface area contributed by atoms with E-state index in [-0.39, 0.29) is 12.0 Å². The molecule has 1 fully saturated rings. The van der Waals surface area contributed by atoms with Gasteiger partial charge < -0.3 is 5.11 Å². The second kappa shape index (κ2) is 4.78. The summed E-state index contributed by atoms with van der Waals surface area (Å²) in [5.74, 6) is 0. The lowest BCUT2D eigenvalue weighted by Crippen LogP contribution is -2.43. The standard InChI is InChI=1S/C9H20N2O3S/c1-11(2)15(13,14)10-7-9(8-12)5-3-4-6-9/h10,12H,3-8H2,1-2H3. The molecule has 0 radical (unpaired) electrons. The zero-order valence-electron chi connectivity index (χ0n) is 9.36. The van der Waals surface area contributed by atoms with Gasteiger partial charge in [-0.15, -0.1) is 0 Å². The summed E-state index contributed by atoms with van der Waals surface area (Å²) in [6.45, 7) is 0.396. The molecule has 2 N–H and O–H groups in total. The molecule has 0 aromatic carbocycles. The Morgan fingerprint density at radius 1 is 1.33 bits per heavy atom. The van der Waals surface area contributed by atoms with Crippen molar-refractivity contribution in [2.24, 2.45) is 5.41 Å². The van der Waals surface area contributed by atoms with E-state index in [1.165, 1.54) is 14.1 Å². The van der Waals surface area contributed by atoms with E-state index in [0.717, 1.165) is 30.0 Å². The summed E-state index contributed by atoms with van der Waals surface area (Å²) in [5.41, 5.74) is -0.233. The molecule has 5 nitrogen and oxygen atoms in total. The third-order valence-electron chi connectivity index (χ3n) is 3.11. The fraction of sp³-hybridized carbons (Fsp3) is 1.00. The van der Waals surface area contributed by atoms with Crippen LogP contribution in [-0.4, -0.2) is 45.1 Å². The predicted molar refractivity (Wildman–Crippen MR) is 58.6 cm³/mol. The Bertz CT molecular complexity index is 294. The zero-order chi connectivity index (χ0) is 11.5. The second-order valence-corrected chi connectivity index (χ2v) is 6.44. The lowest BCUT2D eigenvalue weighted by atomic mass is 9.88. The van der Waals surface area contributed by atoms with Crippen LogP contribution in [0.25, 0.3) is 0 Å². The molecule has 15 heavy (non-hydrogen) atoms. The van der Waals surface area contributed by atoms with Crippen LogP contribution in [0.1, 0.15) is 25.7 Å². The summed E-state index contributed by atoms with van der Waals surface area (Å²) in [5, 5.41) is 9.30. The predicted octanol–water partition coefficient (Wildman–Crippen LogP) is -0.0649. The molecule has 1 saturated carbocycles. The first-order chi connectivity index (χ1) is 6.92. The van der Waals surface area contributed by atoms with Gasteiger partial charge in [-0.3, -0.25) is 0 Å². The molecule has 0 spiro atoms. The molecule has 0 aliphatic heterocycles. The van der Waals surface area contributed by atoms with Crippen molar-refractivity contribution in [2.45, 2.75) is 25.7 Å². The van der Waals surface area contributed by atoms with Gasteiger partial charge in [0.2, 0.25) is 0 Å². The highest BCUT2D eigenvalue weighted by molar-refractivity contribution is 7.87. The first-order valence-electron chi connectivity index (χ1n) is 5.20. The van der Waals surface area contributed by atoms with Gasteiger partial charge in [0.05, 0.1) is 0 Å². The van der Waals surface area contributed by atoms with Crippen LogP contribution in [0, 0.1) is 5.41 Å². The summed E-state index contributed by atoms with van der Waals surface area (Å²) in [7, 11) is -0.384. The van der Waals surface area contributed by atoms with Crippen molar-refractivity contribution in [3.63, 3.8) is 0 Å². The quantitative estimate of drug-likeness (QED) is 0.702. The van der Waals surface area contributed by atoms with E-state index < -0.39 is 10.2 Å². The number of nitrogens with zero attached hydrogens (tertiary/aromatic N) is 1. The average Bonchev–Trinajstić information content (AvgIpc) is 2.64. The van der Waals surface area contributed by atoms with E-state index >= 15 is 0 Å². The van der Waals surface area contributed by atoms with Crippen LogP contribution in [0.3, 0.4) is 0 Å². The largest absolute Gasteiger partial charge is 0.396 e. The van der Waals surface area contributed by atoms with Gasteiger partial charge in [-0.25, -0.2) is 4.72 Å². The summed E-state index contributed by atoms with van der Waals surface area (Å²) < 4.78 is 26.6. The number of hydrogen-bond donors (Lipinski definition) is 2. The highest BCUT2D eigenvalue weighted by atomic mass is 32.2. The smallest absolute Gasteiger partial charge is 0.278 e. The minimum atomic E-state index is -3.36. The van der Waals surface area contributed by atoms with Crippen molar-refractivity contribution in [1.29, 1.82) is 0 Å². The number of nitrogens with one attached hydrogen (secondary N) is 1. The molecule has 0 heterocycles. The molecule has 0 amide bonds. The van der Waals surface area contributed by atoms with Crippen LogP contribution in [-0.2, 0) is 10.2 Å². The van der Waals surface area contributed by atoms with E-state index in [1.54, 1.807) is 0 Å². The topological polar surface area (TPSA) is 69.6 Å². The van der Waals surface area contributed by atoms with Gasteiger partial charge in [0, 0.05) is 32.7 Å². The molecular weight excluding hydrogens is 216 g/mol. The van der Waals surface area contributed by atoms with Crippen LogP contribution < -0.4 is 4.72 Å². The average molecular weight is 236 g/mol. The maximum Gasteiger partial charge on any atom is 0.278 e. The van der Waals surface area contributed by atoms with E-state index in [1.807, 2.05) is 0 Å². The van der Waals surface area contributed by atoms with Crippen molar-refractivity contribution in [1.82, 2.24) is 9.03 Å². The first-order valence-corrected chi connectivity index (χ1v) is 6.64. The number of rotatable bonds is 5. The van der Waals surface area contributed by atoms with Crippen molar-refractivity contribution < 1.29 is 13.5 Å². The molecule has 1 aliphatic rings. The molecule has 90 valence electrons. The molecule has 0 saturated heterocycles. The normalized spacial score (nSPS) is 21.1. The molecule has 1 aliphatic carbocycles. The van der Waals surface area contributed by atoms with Gasteiger partial charge in [-0.1, -0.05) is 12.8 Å². The molecule has 6 heteroatoms. The molecule has 1 rings (SSSR count).